The molecule has 1 aromatic carbocycles. The fourth-order valence-corrected chi connectivity index (χ4v) is 1.66. The van der Waals surface area contributed by atoms with Gasteiger partial charge in [-0.3, -0.25) is 0 Å². The highest BCUT2D eigenvalue weighted by atomic mass is 19.1. The van der Waals surface area contributed by atoms with Gasteiger partial charge < -0.3 is 15.3 Å². The summed E-state index contributed by atoms with van der Waals surface area (Å²) in [4.78, 5) is 0. The van der Waals surface area contributed by atoms with Crippen LogP contribution in [0.4, 0.5) is 4.39 Å². The Bertz CT molecular complexity index is 466. The molecule has 0 saturated heterocycles. The van der Waals surface area contributed by atoms with Crippen LogP contribution in [0.3, 0.4) is 0 Å². The third-order valence-corrected chi connectivity index (χ3v) is 2.68. The van der Waals surface area contributed by atoms with Crippen LogP contribution >= 0.6 is 0 Å². The first-order chi connectivity index (χ1) is 9.02. The van der Waals surface area contributed by atoms with Crippen LogP contribution in [-0.2, 0) is 0 Å². The minimum Gasteiger partial charge on any atom is -0.505 e. The second-order valence-corrected chi connectivity index (χ2v) is 4.42. The van der Waals surface area contributed by atoms with Crippen LogP contribution in [0.2, 0.25) is 0 Å². The molecule has 4 heteroatoms. The van der Waals surface area contributed by atoms with Crippen molar-refractivity contribution in [1.82, 2.24) is 0 Å². The number of hydrogen-bond acceptors (Lipinski definition) is 3. The molecule has 0 aliphatic heterocycles. The Morgan fingerprint density at radius 2 is 2.16 bits per heavy atom. The molecule has 0 spiro atoms. The Morgan fingerprint density at radius 1 is 1.42 bits per heavy atom. The van der Waals surface area contributed by atoms with Crippen LogP contribution in [0.25, 0.3) is 6.08 Å². The van der Waals surface area contributed by atoms with E-state index in [0.29, 0.717) is 18.4 Å². The standard InChI is InChI=1S/C15H19FO3/c1-11(4-6-13(18)3-2-8-17)9-12-5-7-15(19)14(16)10-12/h2-3,5,7,9-10,13,17-19H,4,6,8H2,1H3/b3-2-,11-9+/t13-/m0/s1. The summed E-state index contributed by atoms with van der Waals surface area (Å²) in [5.74, 6) is -1.01. The molecule has 0 unspecified atom stereocenters. The van der Waals surface area contributed by atoms with Gasteiger partial charge in [0.25, 0.3) is 0 Å². The Balaban J connectivity index is 2.57. The first kappa shape index (κ1) is 15.4. The van der Waals surface area contributed by atoms with Crippen LogP contribution in [0.15, 0.2) is 35.9 Å². The zero-order valence-electron chi connectivity index (χ0n) is 10.9. The van der Waals surface area contributed by atoms with Gasteiger partial charge in [-0.1, -0.05) is 29.9 Å². The topological polar surface area (TPSA) is 60.7 Å². The number of allylic oxidation sites excluding steroid dienone is 1. The third-order valence-electron chi connectivity index (χ3n) is 2.68. The highest BCUT2D eigenvalue weighted by molar-refractivity contribution is 5.53. The molecule has 0 saturated carbocycles. The van der Waals surface area contributed by atoms with Crippen molar-refractivity contribution in [3.63, 3.8) is 0 Å². The zero-order chi connectivity index (χ0) is 14.3. The molecule has 0 aromatic heterocycles. The van der Waals surface area contributed by atoms with E-state index >= 15 is 0 Å². The van der Waals surface area contributed by atoms with E-state index in [4.69, 9.17) is 10.2 Å². The van der Waals surface area contributed by atoms with E-state index < -0.39 is 11.9 Å². The summed E-state index contributed by atoms with van der Waals surface area (Å²) in [5, 5.41) is 27.2. The number of aliphatic hydroxyl groups is 2. The van der Waals surface area contributed by atoms with Gasteiger partial charge in [0.2, 0.25) is 0 Å². The van der Waals surface area contributed by atoms with Crippen LogP contribution in [0.5, 0.6) is 5.75 Å². The largest absolute Gasteiger partial charge is 0.505 e. The molecule has 0 aliphatic rings. The minimum atomic E-state index is -0.646. The molecule has 3 nitrogen and oxygen atoms in total. The number of benzene rings is 1. The van der Waals surface area contributed by atoms with E-state index in [9.17, 15) is 9.50 Å². The van der Waals surface area contributed by atoms with E-state index in [1.807, 2.05) is 13.0 Å². The third kappa shape index (κ3) is 5.68. The SMILES string of the molecule is C/C(=C\c1ccc(O)c(F)c1)CC[C@@H](O)/C=C\CO. The van der Waals surface area contributed by atoms with Crippen molar-refractivity contribution in [3.05, 3.63) is 47.3 Å². The van der Waals surface area contributed by atoms with Crippen molar-refractivity contribution in [2.75, 3.05) is 6.61 Å². The number of phenolic OH excluding ortho intramolecular Hbond substituents is 1. The lowest BCUT2D eigenvalue weighted by Gasteiger charge is -2.06. The summed E-state index contributed by atoms with van der Waals surface area (Å²) >= 11 is 0. The number of aromatic hydroxyl groups is 1. The van der Waals surface area contributed by atoms with Gasteiger partial charge in [-0.05, 0) is 37.5 Å². The fourth-order valence-electron chi connectivity index (χ4n) is 1.66. The molecule has 3 N–H and O–H groups in total. The number of aliphatic hydroxyl groups excluding tert-OH is 2. The average Bonchev–Trinajstić information content (AvgIpc) is 2.38. The molecule has 0 bridgehead atoms. The lowest BCUT2D eigenvalue weighted by atomic mass is 10.0. The van der Waals surface area contributed by atoms with E-state index in [1.54, 1.807) is 12.1 Å². The molecule has 19 heavy (non-hydrogen) atoms. The average molecular weight is 266 g/mol. The van der Waals surface area contributed by atoms with Gasteiger partial charge in [0.1, 0.15) is 0 Å². The monoisotopic (exact) mass is 266 g/mol. The molecule has 0 amide bonds. The summed E-state index contributed by atoms with van der Waals surface area (Å²) in [6.45, 7) is 1.81. The molecular weight excluding hydrogens is 247 g/mol. The van der Waals surface area contributed by atoms with Crippen LogP contribution < -0.4 is 0 Å². The number of rotatable bonds is 6. The summed E-state index contributed by atoms with van der Waals surface area (Å²) in [5.41, 5.74) is 1.68. The van der Waals surface area contributed by atoms with Crippen molar-refractivity contribution in [1.29, 1.82) is 0 Å². The Morgan fingerprint density at radius 3 is 2.79 bits per heavy atom. The quantitative estimate of drug-likeness (QED) is 0.694. The summed E-state index contributed by atoms with van der Waals surface area (Å²) in [6.07, 6.45) is 5.48. The Hall–Kier alpha value is -1.65. The van der Waals surface area contributed by atoms with E-state index in [2.05, 4.69) is 0 Å². The van der Waals surface area contributed by atoms with Gasteiger partial charge in [0.05, 0.1) is 12.7 Å². The maximum atomic E-state index is 13.1. The van der Waals surface area contributed by atoms with Gasteiger partial charge in [-0.2, -0.15) is 0 Å². The number of phenols is 1. The van der Waals surface area contributed by atoms with Crippen LogP contribution in [-0.4, -0.2) is 28.0 Å². The highest BCUT2D eigenvalue weighted by Gasteiger charge is 2.02. The second-order valence-electron chi connectivity index (χ2n) is 4.42. The molecule has 1 atom stereocenters. The maximum Gasteiger partial charge on any atom is 0.165 e. The molecule has 0 heterocycles. The molecular formula is C15H19FO3. The molecule has 1 rings (SSSR count). The highest BCUT2D eigenvalue weighted by Crippen LogP contribution is 2.19. The van der Waals surface area contributed by atoms with Crippen LogP contribution in [0.1, 0.15) is 25.3 Å². The minimum absolute atomic E-state index is 0.0847. The lowest BCUT2D eigenvalue weighted by Crippen LogP contribution is -2.02. The molecule has 104 valence electrons. The molecule has 0 aliphatic carbocycles. The summed E-state index contributed by atoms with van der Waals surface area (Å²) < 4.78 is 13.1. The molecule has 1 aromatic rings. The van der Waals surface area contributed by atoms with Gasteiger partial charge in [0, 0.05) is 0 Å². The Kier molecular flexibility index (Phi) is 6.25. The van der Waals surface area contributed by atoms with E-state index in [-0.39, 0.29) is 12.4 Å². The summed E-state index contributed by atoms with van der Waals surface area (Å²) in [6, 6.07) is 4.21. The zero-order valence-corrected chi connectivity index (χ0v) is 10.9. The van der Waals surface area contributed by atoms with Crippen molar-refractivity contribution in [3.8, 4) is 5.75 Å². The van der Waals surface area contributed by atoms with Crippen molar-refractivity contribution >= 4 is 6.08 Å². The normalized spacial score (nSPS) is 14.0. The fraction of sp³-hybridized carbons (Fsp3) is 0.333. The first-order valence-corrected chi connectivity index (χ1v) is 6.14. The van der Waals surface area contributed by atoms with Gasteiger partial charge >= 0.3 is 0 Å². The van der Waals surface area contributed by atoms with E-state index in [0.717, 1.165) is 5.57 Å². The maximum absolute atomic E-state index is 13.1. The van der Waals surface area contributed by atoms with E-state index in [1.165, 1.54) is 18.2 Å². The van der Waals surface area contributed by atoms with Gasteiger partial charge in [-0.15, -0.1) is 0 Å². The number of halogens is 1. The lowest BCUT2D eigenvalue weighted by molar-refractivity contribution is 0.211. The summed E-state index contributed by atoms with van der Waals surface area (Å²) in [7, 11) is 0. The van der Waals surface area contributed by atoms with Crippen molar-refractivity contribution in [2.45, 2.75) is 25.9 Å². The van der Waals surface area contributed by atoms with Crippen molar-refractivity contribution < 1.29 is 19.7 Å². The smallest absolute Gasteiger partial charge is 0.165 e. The van der Waals surface area contributed by atoms with Gasteiger partial charge in [0.15, 0.2) is 11.6 Å². The van der Waals surface area contributed by atoms with Crippen LogP contribution in [0, 0.1) is 5.82 Å². The second kappa shape index (κ2) is 7.71. The van der Waals surface area contributed by atoms with Crippen molar-refractivity contribution in [2.24, 2.45) is 0 Å². The Labute approximate surface area is 112 Å². The number of hydrogen-bond donors (Lipinski definition) is 3. The molecule has 0 radical (unpaired) electrons. The predicted octanol–water partition coefficient (Wildman–Crippen LogP) is 2.62. The molecule has 0 fully saturated rings. The first-order valence-electron chi connectivity index (χ1n) is 6.14. The van der Waals surface area contributed by atoms with Gasteiger partial charge in [-0.25, -0.2) is 4.39 Å². The predicted molar refractivity (Wildman–Crippen MR) is 73.2 cm³/mol.